The number of para-hydroxylation sites is 2. The summed E-state index contributed by atoms with van der Waals surface area (Å²) in [5, 5.41) is 8.15. The third kappa shape index (κ3) is 3.01. The first-order chi connectivity index (χ1) is 27.8. The number of rotatable bonds is 3. The molecule has 0 unspecified atom stereocenters. The van der Waals surface area contributed by atoms with E-state index in [2.05, 4.69) is 203 Å². The molecule has 0 saturated heterocycles. The Kier molecular flexibility index (Phi) is 5.18. The highest BCUT2D eigenvalue weighted by Crippen LogP contribution is 2.74. The van der Waals surface area contributed by atoms with E-state index in [0.717, 1.165) is 0 Å². The van der Waals surface area contributed by atoms with Crippen LogP contribution in [-0.2, 0) is 10.8 Å². The van der Waals surface area contributed by atoms with E-state index < -0.39 is 10.8 Å². The Morgan fingerprint density at radius 2 is 0.625 bits per heavy atom. The van der Waals surface area contributed by atoms with Gasteiger partial charge in [0.2, 0.25) is 0 Å². The van der Waals surface area contributed by atoms with Gasteiger partial charge in [-0.3, -0.25) is 0 Å². The molecular formula is C54H32N2. The van der Waals surface area contributed by atoms with Crippen molar-refractivity contribution in [1.82, 2.24) is 9.13 Å². The lowest BCUT2D eigenvalue weighted by atomic mass is 9.45. The number of benzene rings is 9. The van der Waals surface area contributed by atoms with Gasteiger partial charge in [-0.1, -0.05) is 146 Å². The Morgan fingerprint density at radius 3 is 1.05 bits per heavy atom. The van der Waals surface area contributed by atoms with Crippen molar-refractivity contribution in [3.63, 3.8) is 0 Å². The molecule has 3 aliphatic carbocycles. The van der Waals surface area contributed by atoms with Crippen LogP contribution < -0.4 is 0 Å². The number of aromatic nitrogens is 2. The molecule has 9 aromatic carbocycles. The average molecular weight is 709 g/mol. The maximum absolute atomic E-state index is 2.51. The molecule has 0 amide bonds. The summed E-state index contributed by atoms with van der Waals surface area (Å²) >= 11 is 0. The van der Waals surface area contributed by atoms with E-state index in [0.29, 0.717) is 0 Å². The van der Waals surface area contributed by atoms with E-state index in [1.807, 2.05) is 0 Å². The minimum absolute atomic E-state index is 0.558. The molecule has 0 bridgehead atoms. The van der Waals surface area contributed by atoms with E-state index >= 15 is 0 Å². The Labute approximate surface area is 323 Å². The zero-order valence-electron chi connectivity index (χ0n) is 30.4. The first-order valence-corrected chi connectivity index (χ1v) is 19.7. The van der Waals surface area contributed by atoms with Gasteiger partial charge in [0.1, 0.15) is 0 Å². The highest BCUT2D eigenvalue weighted by molar-refractivity contribution is 6.24. The Morgan fingerprint density at radius 1 is 0.268 bits per heavy atom. The normalized spacial score (nSPS) is 18.5. The van der Waals surface area contributed by atoms with E-state index in [1.54, 1.807) is 0 Å². The molecule has 3 aliphatic rings. The summed E-state index contributed by atoms with van der Waals surface area (Å²) in [6, 6.07) is 73.5. The van der Waals surface area contributed by atoms with E-state index in [4.69, 9.17) is 0 Å². The lowest BCUT2D eigenvalue weighted by Crippen LogP contribution is -2.52. The highest BCUT2D eigenvalue weighted by atomic mass is 15.0. The second kappa shape index (κ2) is 9.92. The minimum Gasteiger partial charge on any atom is -0.309 e. The molecule has 2 aromatic heterocycles. The third-order valence-electron chi connectivity index (χ3n) is 13.8. The first kappa shape index (κ1) is 29.2. The van der Waals surface area contributed by atoms with Crippen LogP contribution >= 0.6 is 0 Å². The molecule has 2 heteroatoms. The lowest BCUT2D eigenvalue weighted by molar-refractivity contribution is 0.447. The first-order valence-electron chi connectivity index (χ1n) is 19.7. The molecule has 0 N–H and O–H groups in total. The van der Waals surface area contributed by atoms with Crippen molar-refractivity contribution in [1.29, 1.82) is 0 Å². The molecule has 0 spiro atoms. The van der Waals surface area contributed by atoms with Crippen molar-refractivity contribution in [2.24, 2.45) is 0 Å². The van der Waals surface area contributed by atoms with E-state index in [1.165, 1.54) is 110 Å². The van der Waals surface area contributed by atoms with Gasteiger partial charge in [-0.05, 0) is 104 Å². The largest absolute Gasteiger partial charge is 0.309 e. The third-order valence-corrected chi connectivity index (χ3v) is 13.8. The van der Waals surface area contributed by atoms with Gasteiger partial charge in [0, 0.05) is 32.9 Å². The molecule has 258 valence electrons. The van der Waals surface area contributed by atoms with Gasteiger partial charge in [-0.25, -0.2) is 0 Å². The zero-order chi connectivity index (χ0) is 36.3. The minimum atomic E-state index is -0.558. The summed E-state index contributed by atoms with van der Waals surface area (Å²) in [4.78, 5) is 0. The van der Waals surface area contributed by atoms with Gasteiger partial charge < -0.3 is 9.13 Å². The Balaban J connectivity index is 1.28. The summed E-state index contributed by atoms with van der Waals surface area (Å²) in [6.07, 6.45) is 0. The van der Waals surface area contributed by atoms with E-state index in [-0.39, 0.29) is 0 Å². The molecule has 0 aliphatic heterocycles. The molecule has 14 rings (SSSR count). The molecule has 2 heterocycles. The Hall–Kier alpha value is -7.16. The van der Waals surface area contributed by atoms with Crippen molar-refractivity contribution in [3.8, 4) is 22.5 Å². The van der Waals surface area contributed by atoms with Crippen LogP contribution in [0.3, 0.4) is 0 Å². The molecule has 0 fully saturated rings. The summed E-state index contributed by atoms with van der Waals surface area (Å²) in [5.41, 5.74) is 17.2. The molecular weight excluding hydrogens is 677 g/mol. The van der Waals surface area contributed by atoms with Gasteiger partial charge in [-0.2, -0.15) is 0 Å². The molecule has 0 radical (unpaired) electrons. The van der Waals surface area contributed by atoms with Gasteiger partial charge in [0.25, 0.3) is 0 Å². The molecule has 2 nitrogen and oxygen atoms in total. The SMILES string of the molecule is c1ccc(-c2ccc3c4c(cccc24)C24c5cccc6c5c5c(cccc5n6-c5ccccc5)C32c2cccc3c2c2c4cccc2n3-c2ccccc2)cc1. The van der Waals surface area contributed by atoms with Crippen molar-refractivity contribution >= 4 is 54.4 Å². The van der Waals surface area contributed by atoms with Crippen molar-refractivity contribution in [3.05, 3.63) is 228 Å². The standard InChI is InChI=1S/C54H32N2/c1-4-15-33(16-5-1)36-31-32-43-48-37(36)21-10-22-38(48)53-39-23-11-27-44-49(39)51-41(25-13-29-46(51)55(44)34-17-6-2-7-18-34)54(43,53)42-26-14-30-47-52(42)50-40(53)24-12-28-45(50)56(47)35-19-8-3-9-20-35/h1-32H. The summed E-state index contributed by atoms with van der Waals surface area (Å²) in [6.45, 7) is 0. The summed E-state index contributed by atoms with van der Waals surface area (Å²) in [7, 11) is 0. The zero-order valence-corrected chi connectivity index (χ0v) is 30.4. The number of nitrogens with zero attached hydrogens (tertiary/aromatic N) is 2. The van der Waals surface area contributed by atoms with E-state index in [9.17, 15) is 0 Å². The van der Waals surface area contributed by atoms with Crippen LogP contribution in [0.4, 0.5) is 0 Å². The second-order valence-electron chi connectivity index (χ2n) is 15.9. The average Bonchev–Trinajstić information content (AvgIpc) is 3.89. The van der Waals surface area contributed by atoms with Gasteiger partial charge in [0.15, 0.2) is 0 Å². The fourth-order valence-electron chi connectivity index (χ4n) is 12.2. The van der Waals surface area contributed by atoms with Crippen LogP contribution in [0.5, 0.6) is 0 Å². The lowest BCUT2D eigenvalue weighted by Gasteiger charge is -2.54. The maximum Gasteiger partial charge on any atom is 0.0649 e. The van der Waals surface area contributed by atoms with Crippen molar-refractivity contribution in [2.75, 3.05) is 0 Å². The monoisotopic (exact) mass is 708 g/mol. The topological polar surface area (TPSA) is 9.86 Å². The predicted molar refractivity (Wildman–Crippen MR) is 231 cm³/mol. The highest BCUT2D eigenvalue weighted by Gasteiger charge is 2.67. The van der Waals surface area contributed by atoms with Gasteiger partial charge >= 0.3 is 0 Å². The van der Waals surface area contributed by atoms with Crippen molar-refractivity contribution < 1.29 is 0 Å². The number of hydrogen-bond acceptors (Lipinski definition) is 0. The molecule has 11 aromatic rings. The second-order valence-corrected chi connectivity index (χ2v) is 15.9. The van der Waals surface area contributed by atoms with Crippen LogP contribution in [-0.4, -0.2) is 9.13 Å². The molecule has 0 atom stereocenters. The van der Waals surface area contributed by atoms with Crippen LogP contribution in [0.2, 0.25) is 0 Å². The van der Waals surface area contributed by atoms with Crippen molar-refractivity contribution in [2.45, 2.75) is 10.8 Å². The van der Waals surface area contributed by atoms with Gasteiger partial charge in [-0.15, -0.1) is 0 Å². The summed E-state index contributed by atoms with van der Waals surface area (Å²) in [5.74, 6) is 0. The fourth-order valence-corrected chi connectivity index (χ4v) is 12.2. The fraction of sp³-hybridized carbons (Fsp3) is 0.0370. The Bertz CT molecular complexity index is 3210. The smallest absolute Gasteiger partial charge is 0.0649 e. The molecule has 0 saturated carbocycles. The van der Waals surface area contributed by atoms with Crippen LogP contribution in [0.25, 0.3) is 76.9 Å². The quantitative estimate of drug-likeness (QED) is 0.173. The molecule has 56 heavy (non-hydrogen) atoms. The van der Waals surface area contributed by atoms with Gasteiger partial charge in [0.05, 0.1) is 32.9 Å². The maximum atomic E-state index is 2.51. The van der Waals surface area contributed by atoms with Crippen LogP contribution in [0.15, 0.2) is 194 Å². The van der Waals surface area contributed by atoms with Crippen LogP contribution in [0, 0.1) is 0 Å². The summed E-state index contributed by atoms with van der Waals surface area (Å²) < 4.78 is 5.02. The number of hydrogen-bond donors (Lipinski definition) is 0. The van der Waals surface area contributed by atoms with Crippen LogP contribution in [0.1, 0.15) is 33.4 Å². The predicted octanol–water partition coefficient (Wildman–Crippen LogP) is 13.0.